The van der Waals surface area contributed by atoms with Crippen molar-refractivity contribution in [3.63, 3.8) is 0 Å². The second kappa shape index (κ2) is 7.60. The number of benzene rings is 2. The molecule has 0 unspecified atom stereocenters. The van der Waals surface area contributed by atoms with Gasteiger partial charge in [0.1, 0.15) is 5.75 Å². The van der Waals surface area contributed by atoms with Crippen LogP contribution in [0.15, 0.2) is 54.9 Å². The highest BCUT2D eigenvalue weighted by Gasteiger charge is 2.23. The van der Waals surface area contributed by atoms with Crippen molar-refractivity contribution >= 4 is 16.9 Å². The average molecular weight is 349 g/mol. The number of aromatic amines is 1. The molecule has 4 rings (SSSR count). The molecular weight excluding hydrogens is 326 g/mol. The van der Waals surface area contributed by atoms with Crippen LogP contribution < -0.4 is 4.74 Å². The summed E-state index contributed by atoms with van der Waals surface area (Å²) in [4.78, 5) is 22.0. The highest BCUT2D eigenvalue weighted by atomic mass is 16.5. The van der Waals surface area contributed by atoms with Crippen molar-refractivity contribution in [3.8, 4) is 5.75 Å². The van der Waals surface area contributed by atoms with E-state index >= 15 is 0 Å². The molecule has 1 aromatic heterocycles. The van der Waals surface area contributed by atoms with Crippen LogP contribution >= 0.6 is 0 Å². The highest BCUT2D eigenvalue weighted by Crippen LogP contribution is 2.23. The zero-order valence-corrected chi connectivity index (χ0v) is 14.7. The first-order chi connectivity index (χ1) is 12.8. The molecule has 1 saturated heterocycles. The Bertz CT molecular complexity index is 867. The molecule has 0 bridgehead atoms. The van der Waals surface area contributed by atoms with Gasteiger partial charge in [-0.3, -0.25) is 4.79 Å². The number of H-pyrrole nitrogens is 1. The summed E-state index contributed by atoms with van der Waals surface area (Å²) in [5, 5.41) is 0. The van der Waals surface area contributed by atoms with Gasteiger partial charge in [0.2, 0.25) is 0 Å². The number of imidazole rings is 1. The molecule has 0 radical (unpaired) electrons. The van der Waals surface area contributed by atoms with Gasteiger partial charge in [0.15, 0.2) is 0 Å². The highest BCUT2D eigenvalue weighted by molar-refractivity contribution is 5.97. The number of nitrogens with one attached hydrogen (secondary N) is 1. The van der Waals surface area contributed by atoms with Crippen LogP contribution in [0.4, 0.5) is 0 Å². The summed E-state index contributed by atoms with van der Waals surface area (Å²) < 4.78 is 5.80. The maximum absolute atomic E-state index is 12.7. The summed E-state index contributed by atoms with van der Waals surface area (Å²) in [5.41, 5.74) is 2.52. The molecule has 1 aliphatic rings. The average Bonchev–Trinajstić information content (AvgIpc) is 3.17. The van der Waals surface area contributed by atoms with E-state index in [4.69, 9.17) is 4.74 Å². The minimum absolute atomic E-state index is 0.112. The number of carbonyl (C=O) groups is 1. The number of hydrogen-bond acceptors (Lipinski definition) is 3. The van der Waals surface area contributed by atoms with Gasteiger partial charge in [-0.15, -0.1) is 0 Å². The number of rotatable bonds is 5. The van der Waals surface area contributed by atoms with Gasteiger partial charge in [-0.05, 0) is 55.5 Å². The molecule has 0 spiro atoms. The van der Waals surface area contributed by atoms with Crippen LogP contribution in [0.5, 0.6) is 5.75 Å². The lowest BCUT2D eigenvalue weighted by Crippen LogP contribution is -2.38. The molecule has 1 N–H and O–H groups in total. The molecule has 0 saturated carbocycles. The maximum Gasteiger partial charge on any atom is 0.253 e. The van der Waals surface area contributed by atoms with Crippen molar-refractivity contribution in [1.29, 1.82) is 0 Å². The third kappa shape index (κ3) is 3.72. The van der Waals surface area contributed by atoms with Crippen molar-refractivity contribution in [1.82, 2.24) is 14.9 Å². The molecule has 1 fully saturated rings. The second-order valence-corrected chi connectivity index (χ2v) is 6.82. The largest absolute Gasteiger partial charge is 0.494 e. The lowest BCUT2D eigenvalue weighted by Gasteiger charge is -2.32. The number of piperidine rings is 1. The van der Waals surface area contributed by atoms with Gasteiger partial charge in [0.05, 0.1) is 24.0 Å². The van der Waals surface area contributed by atoms with E-state index in [1.165, 1.54) is 0 Å². The number of likely N-dealkylation sites (tertiary alicyclic amines) is 1. The molecule has 1 amide bonds. The summed E-state index contributed by atoms with van der Waals surface area (Å²) >= 11 is 0. The molecule has 1 aliphatic heterocycles. The molecule has 134 valence electrons. The van der Waals surface area contributed by atoms with Crippen LogP contribution in [-0.4, -0.2) is 40.5 Å². The topological polar surface area (TPSA) is 58.2 Å². The van der Waals surface area contributed by atoms with Crippen LogP contribution in [0.25, 0.3) is 11.0 Å². The van der Waals surface area contributed by atoms with Gasteiger partial charge >= 0.3 is 0 Å². The van der Waals surface area contributed by atoms with Crippen molar-refractivity contribution < 1.29 is 9.53 Å². The van der Waals surface area contributed by atoms with E-state index < -0.39 is 0 Å². The SMILES string of the molecule is O=C(c1ccc2nc[nH]c2c1)N1CCC(CCOc2ccccc2)CC1. The minimum Gasteiger partial charge on any atom is -0.494 e. The molecule has 0 atom stereocenters. The lowest BCUT2D eigenvalue weighted by atomic mass is 9.93. The zero-order valence-electron chi connectivity index (χ0n) is 14.7. The molecular formula is C21H23N3O2. The Morgan fingerprint density at radius 3 is 2.77 bits per heavy atom. The van der Waals surface area contributed by atoms with E-state index in [9.17, 15) is 4.79 Å². The smallest absolute Gasteiger partial charge is 0.253 e. The Morgan fingerprint density at radius 2 is 1.96 bits per heavy atom. The number of carbonyl (C=O) groups excluding carboxylic acids is 1. The molecule has 26 heavy (non-hydrogen) atoms. The molecule has 5 heteroatoms. The van der Waals surface area contributed by atoms with Crippen molar-refractivity contribution in [2.45, 2.75) is 19.3 Å². The van der Waals surface area contributed by atoms with E-state index in [1.807, 2.05) is 53.4 Å². The van der Waals surface area contributed by atoms with Crippen LogP contribution in [0, 0.1) is 5.92 Å². The number of ether oxygens (including phenoxy) is 1. The predicted molar refractivity (Wildman–Crippen MR) is 101 cm³/mol. The van der Waals surface area contributed by atoms with E-state index in [1.54, 1.807) is 6.33 Å². The van der Waals surface area contributed by atoms with Gasteiger partial charge in [-0.2, -0.15) is 0 Å². The first-order valence-electron chi connectivity index (χ1n) is 9.20. The van der Waals surface area contributed by atoms with Gasteiger partial charge < -0.3 is 14.6 Å². The van der Waals surface area contributed by atoms with Gasteiger partial charge in [0, 0.05) is 18.7 Å². The summed E-state index contributed by atoms with van der Waals surface area (Å²) in [7, 11) is 0. The first-order valence-corrected chi connectivity index (χ1v) is 9.20. The molecule has 0 aliphatic carbocycles. The van der Waals surface area contributed by atoms with E-state index in [2.05, 4.69) is 9.97 Å². The van der Waals surface area contributed by atoms with Gasteiger partial charge in [-0.1, -0.05) is 18.2 Å². The molecule has 2 heterocycles. The third-order valence-corrected chi connectivity index (χ3v) is 5.11. The summed E-state index contributed by atoms with van der Waals surface area (Å²) in [6.45, 7) is 2.37. The van der Waals surface area contributed by atoms with Gasteiger partial charge in [-0.25, -0.2) is 4.98 Å². The van der Waals surface area contributed by atoms with Gasteiger partial charge in [0.25, 0.3) is 5.91 Å². The van der Waals surface area contributed by atoms with E-state index in [0.717, 1.165) is 61.3 Å². The Labute approximate surface area is 153 Å². The number of amides is 1. The number of nitrogens with zero attached hydrogens (tertiary/aromatic N) is 2. The van der Waals surface area contributed by atoms with Crippen molar-refractivity contribution in [2.75, 3.05) is 19.7 Å². The summed E-state index contributed by atoms with van der Waals surface area (Å²) in [5.74, 6) is 1.66. The Balaban J connectivity index is 1.27. The van der Waals surface area contributed by atoms with Crippen LogP contribution in [0.3, 0.4) is 0 Å². The Kier molecular flexibility index (Phi) is 4.86. The molecule has 2 aromatic carbocycles. The summed E-state index contributed by atoms with van der Waals surface area (Å²) in [6, 6.07) is 15.6. The molecule has 5 nitrogen and oxygen atoms in total. The monoisotopic (exact) mass is 349 g/mol. The zero-order chi connectivity index (χ0) is 17.8. The third-order valence-electron chi connectivity index (χ3n) is 5.11. The Hall–Kier alpha value is -2.82. The van der Waals surface area contributed by atoms with Crippen LogP contribution in [0.1, 0.15) is 29.6 Å². The fourth-order valence-electron chi connectivity index (χ4n) is 3.54. The lowest BCUT2D eigenvalue weighted by molar-refractivity contribution is 0.0680. The number of aromatic nitrogens is 2. The number of fused-ring (bicyclic) bond motifs is 1. The van der Waals surface area contributed by atoms with Crippen molar-refractivity contribution in [3.05, 3.63) is 60.4 Å². The van der Waals surface area contributed by atoms with E-state index in [-0.39, 0.29) is 5.91 Å². The first kappa shape index (κ1) is 16.6. The fraction of sp³-hybridized carbons (Fsp3) is 0.333. The normalized spacial score (nSPS) is 15.3. The number of para-hydroxylation sites is 1. The predicted octanol–water partition coefficient (Wildman–Crippen LogP) is 3.88. The minimum atomic E-state index is 0.112. The quantitative estimate of drug-likeness (QED) is 0.760. The molecule has 3 aromatic rings. The van der Waals surface area contributed by atoms with Crippen LogP contribution in [-0.2, 0) is 0 Å². The van der Waals surface area contributed by atoms with Crippen LogP contribution in [0.2, 0.25) is 0 Å². The second-order valence-electron chi connectivity index (χ2n) is 6.82. The number of hydrogen-bond donors (Lipinski definition) is 1. The fourth-order valence-corrected chi connectivity index (χ4v) is 3.54. The Morgan fingerprint density at radius 1 is 1.15 bits per heavy atom. The van der Waals surface area contributed by atoms with E-state index in [0.29, 0.717) is 5.92 Å². The summed E-state index contributed by atoms with van der Waals surface area (Å²) in [6.07, 6.45) is 4.77. The standard InChI is InChI=1S/C21H23N3O2/c25-21(17-6-7-19-20(14-17)23-15-22-19)24-11-8-16(9-12-24)10-13-26-18-4-2-1-3-5-18/h1-7,14-16H,8-13H2,(H,22,23). The maximum atomic E-state index is 12.7. The van der Waals surface area contributed by atoms with Crippen molar-refractivity contribution in [2.24, 2.45) is 5.92 Å².